The molecule has 0 spiro atoms. The van der Waals surface area contributed by atoms with Crippen molar-refractivity contribution in [2.75, 3.05) is 20.3 Å². The Morgan fingerprint density at radius 1 is 1.53 bits per heavy atom. The van der Waals surface area contributed by atoms with Gasteiger partial charge in [-0.3, -0.25) is 9.69 Å². The third-order valence-electron chi connectivity index (χ3n) is 2.72. The van der Waals surface area contributed by atoms with Gasteiger partial charge >= 0.3 is 0 Å². The van der Waals surface area contributed by atoms with Crippen molar-refractivity contribution in [2.24, 2.45) is 10.9 Å². The van der Waals surface area contributed by atoms with Crippen molar-refractivity contribution in [3.05, 3.63) is 24.3 Å². The number of thiocarbonyl (C=S) groups is 1. The number of carbonyl (C=O) groups excluding carboxylic acids is 1. The zero-order chi connectivity index (χ0) is 12.3. The molecule has 0 fully saturated rings. The second-order valence-electron chi connectivity index (χ2n) is 3.88. The Bertz CT molecular complexity index is 426. The molecule has 5 heteroatoms. The zero-order valence-corrected chi connectivity index (χ0v) is 10.4. The predicted molar refractivity (Wildman–Crippen MR) is 70.0 cm³/mol. The Morgan fingerprint density at radius 2 is 2.35 bits per heavy atom. The fourth-order valence-electron chi connectivity index (χ4n) is 1.85. The molecule has 4 nitrogen and oxygen atoms in total. The summed E-state index contributed by atoms with van der Waals surface area (Å²) in [5, 5.41) is 0.359. The highest BCUT2D eigenvalue weighted by Gasteiger charge is 2.33. The minimum absolute atomic E-state index is 0.0108. The first-order valence-electron chi connectivity index (χ1n) is 5.52. The van der Waals surface area contributed by atoms with Gasteiger partial charge in [-0.15, -0.1) is 0 Å². The molecule has 90 valence electrons. The molecule has 0 saturated heterocycles. The molecule has 1 aliphatic carbocycles. The van der Waals surface area contributed by atoms with Crippen LogP contribution in [0.25, 0.3) is 0 Å². The summed E-state index contributed by atoms with van der Waals surface area (Å²) in [7, 11) is 1.64. The summed E-state index contributed by atoms with van der Waals surface area (Å²) in [4.78, 5) is 18.0. The summed E-state index contributed by atoms with van der Waals surface area (Å²) in [5.41, 5.74) is 0.741. The van der Waals surface area contributed by atoms with E-state index >= 15 is 0 Å². The van der Waals surface area contributed by atoms with E-state index in [-0.39, 0.29) is 11.8 Å². The molecule has 0 aromatic carbocycles. The van der Waals surface area contributed by atoms with Gasteiger partial charge < -0.3 is 4.74 Å². The van der Waals surface area contributed by atoms with Crippen LogP contribution in [0.1, 0.15) is 6.42 Å². The summed E-state index contributed by atoms with van der Waals surface area (Å²) in [6, 6.07) is 0. The Morgan fingerprint density at radius 3 is 3.12 bits per heavy atom. The minimum atomic E-state index is -0.269. The number of hydrogen-bond donors (Lipinski definition) is 0. The smallest absolute Gasteiger partial charge is 0.241 e. The molecule has 1 atom stereocenters. The number of hydrogen-bond acceptors (Lipinski definition) is 3. The minimum Gasteiger partial charge on any atom is -0.385 e. The normalized spacial score (nSPS) is 22.8. The molecular formula is C12H14N2O2S. The fraction of sp³-hybridized carbons (Fsp3) is 0.417. The van der Waals surface area contributed by atoms with Crippen molar-refractivity contribution >= 4 is 28.9 Å². The Kier molecular flexibility index (Phi) is 3.81. The Balaban J connectivity index is 2.12. The van der Waals surface area contributed by atoms with Crippen molar-refractivity contribution in [1.82, 2.24) is 4.90 Å². The van der Waals surface area contributed by atoms with E-state index in [1.54, 1.807) is 12.0 Å². The maximum absolute atomic E-state index is 12.2. The number of methoxy groups -OCH3 is 1. The molecule has 0 aromatic heterocycles. The molecule has 1 unspecified atom stereocenters. The summed E-state index contributed by atoms with van der Waals surface area (Å²) in [6.07, 6.45) is 8.18. The zero-order valence-electron chi connectivity index (χ0n) is 9.63. The van der Waals surface area contributed by atoms with Crippen LogP contribution in [0.15, 0.2) is 29.3 Å². The molecule has 0 radical (unpaired) electrons. The van der Waals surface area contributed by atoms with E-state index in [0.717, 1.165) is 12.1 Å². The highest BCUT2D eigenvalue weighted by Crippen LogP contribution is 2.19. The molecule has 17 heavy (non-hydrogen) atoms. The molecule has 1 aliphatic heterocycles. The molecule has 0 aromatic rings. The van der Waals surface area contributed by atoms with E-state index < -0.39 is 0 Å². The maximum atomic E-state index is 12.2. The SMILES string of the molecule is COCCCN1C(=O)C2C=CC=CC2=NC1=S. The van der Waals surface area contributed by atoms with E-state index in [1.165, 1.54) is 0 Å². The van der Waals surface area contributed by atoms with E-state index in [1.807, 2.05) is 24.3 Å². The molecule has 2 aliphatic rings. The van der Waals surface area contributed by atoms with Crippen molar-refractivity contribution in [1.29, 1.82) is 0 Å². The number of fused-ring (bicyclic) bond motifs is 1. The number of carbonyl (C=O) groups is 1. The van der Waals surface area contributed by atoms with Gasteiger partial charge in [-0.25, -0.2) is 4.99 Å². The first-order chi connectivity index (χ1) is 8.24. The van der Waals surface area contributed by atoms with Gasteiger partial charge in [-0.2, -0.15) is 0 Å². The van der Waals surface area contributed by atoms with Gasteiger partial charge in [0.05, 0.1) is 11.6 Å². The molecule has 0 bridgehead atoms. The van der Waals surface area contributed by atoms with Gasteiger partial charge in [0.15, 0.2) is 0 Å². The van der Waals surface area contributed by atoms with Crippen LogP contribution in [-0.4, -0.2) is 41.9 Å². The standard InChI is InChI=1S/C12H14N2O2S/c1-16-8-4-7-14-11(15)9-5-2-3-6-10(9)13-12(14)17/h2-3,5-6,9H,4,7-8H2,1H3. The molecule has 1 amide bonds. The largest absolute Gasteiger partial charge is 0.385 e. The molecule has 2 rings (SSSR count). The Labute approximate surface area is 106 Å². The van der Waals surface area contributed by atoms with Gasteiger partial charge in [0.1, 0.15) is 0 Å². The molecule has 0 N–H and O–H groups in total. The average Bonchev–Trinajstić information content (AvgIpc) is 2.33. The van der Waals surface area contributed by atoms with Gasteiger partial charge in [-0.1, -0.05) is 18.2 Å². The highest BCUT2D eigenvalue weighted by molar-refractivity contribution is 7.80. The van der Waals surface area contributed by atoms with E-state index in [9.17, 15) is 4.79 Å². The monoisotopic (exact) mass is 250 g/mol. The van der Waals surface area contributed by atoms with Gasteiger partial charge in [0, 0.05) is 20.3 Å². The van der Waals surface area contributed by atoms with Crippen LogP contribution in [0.2, 0.25) is 0 Å². The van der Waals surface area contributed by atoms with Gasteiger partial charge in [0.2, 0.25) is 11.0 Å². The van der Waals surface area contributed by atoms with Crippen LogP contribution in [0.5, 0.6) is 0 Å². The number of ether oxygens (including phenoxy) is 1. The van der Waals surface area contributed by atoms with Crippen LogP contribution in [0.4, 0.5) is 0 Å². The van der Waals surface area contributed by atoms with Crippen LogP contribution >= 0.6 is 12.2 Å². The first kappa shape index (κ1) is 12.1. The second-order valence-corrected chi connectivity index (χ2v) is 4.24. The number of rotatable bonds is 4. The highest BCUT2D eigenvalue weighted by atomic mass is 32.1. The van der Waals surface area contributed by atoms with Crippen LogP contribution in [0, 0.1) is 5.92 Å². The van der Waals surface area contributed by atoms with Crippen molar-refractivity contribution < 1.29 is 9.53 Å². The third kappa shape index (κ3) is 2.50. The first-order valence-corrected chi connectivity index (χ1v) is 5.92. The topological polar surface area (TPSA) is 41.9 Å². The molecule has 1 heterocycles. The second kappa shape index (κ2) is 5.33. The summed E-state index contributed by atoms with van der Waals surface area (Å²) < 4.78 is 4.97. The maximum Gasteiger partial charge on any atom is 0.241 e. The lowest BCUT2D eigenvalue weighted by Gasteiger charge is -2.30. The van der Waals surface area contributed by atoms with Crippen LogP contribution < -0.4 is 0 Å². The van der Waals surface area contributed by atoms with Crippen LogP contribution in [-0.2, 0) is 9.53 Å². The number of nitrogens with zero attached hydrogens (tertiary/aromatic N) is 2. The molecular weight excluding hydrogens is 236 g/mol. The molecule has 0 saturated carbocycles. The van der Waals surface area contributed by atoms with E-state index in [0.29, 0.717) is 18.3 Å². The Hall–Kier alpha value is -1.33. The van der Waals surface area contributed by atoms with E-state index in [2.05, 4.69) is 4.99 Å². The lowest BCUT2D eigenvalue weighted by Crippen LogP contribution is -2.46. The fourth-order valence-corrected chi connectivity index (χ4v) is 2.14. The average molecular weight is 250 g/mol. The van der Waals surface area contributed by atoms with Crippen LogP contribution in [0.3, 0.4) is 0 Å². The van der Waals surface area contributed by atoms with Gasteiger partial charge in [0.25, 0.3) is 0 Å². The summed E-state index contributed by atoms with van der Waals surface area (Å²) in [6.45, 7) is 1.18. The van der Waals surface area contributed by atoms with Crippen molar-refractivity contribution in [2.45, 2.75) is 6.42 Å². The van der Waals surface area contributed by atoms with Crippen molar-refractivity contribution in [3.8, 4) is 0 Å². The van der Waals surface area contributed by atoms with E-state index in [4.69, 9.17) is 17.0 Å². The summed E-state index contributed by atoms with van der Waals surface area (Å²) in [5.74, 6) is -0.258. The number of aliphatic imine (C=N–C) groups is 1. The van der Waals surface area contributed by atoms with Gasteiger partial charge in [-0.05, 0) is 24.7 Å². The number of allylic oxidation sites excluding steroid dienone is 3. The lowest BCUT2D eigenvalue weighted by molar-refractivity contribution is -0.128. The predicted octanol–water partition coefficient (Wildman–Crippen LogP) is 1.33. The quantitative estimate of drug-likeness (QED) is 0.558. The third-order valence-corrected chi connectivity index (χ3v) is 3.03. The lowest BCUT2D eigenvalue weighted by atomic mass is 9.95. The van der Waals surface area contributed by atoms with Crippen molar-refractivity contribution in [3.63, 3.8) is 0 Å². The summed E-state index contributed by atoms with van der Waals surface area (Å²) >= 11 is 5.14. The number of amides is 1.